The Hall–Kier alpha value is -2.54. The van der Waals surface area contributed by atoms with Crippen LogP contribution in [-0.2, 0) is 10.1 Å². The highest BCUT2D eigenvalue weighted by Crippen LogP contribution is 2.32. The monoisotopic (exact) mass is 348 g/mol. The van der Waals surface area contributed by atoms with E-state index in [2.05, 4.69) is 0 Å². The van der Waals surface area contributed by atoms with Crippen LogP contribution in [0.25, 0.3) is 0 Å². The summed E-state index contributed by atoms with van der Waals surface area (Å²) in [5, 5.41) is 0. The summed E-state index contributed by atoms with van der Waals surface area (Å²) < 4.78 is 40.9. The molecule has 126 valence electrons. The van der Waals surface area contributed by atoms with Crippen molar-refractivity contribution in [3.05, 3.63) is 48.0 Å². The zero-order valence-corrected chi connectivity index (χ0v) is 13.8. The smallest absolute Gasteiger partial charge is 0.339 e. The molecule has 0 amide bonds. The molecule has 0 aromatic heterocycles. The fraction of sp³-hybridized carbons (Fsp3) is 0.235. The first kappa shape index (κ1) is 16.3. The largest absolute Gasteiger partial charge is 0.490 e. The number of ether oxygens (including phenoxy) is 2. The summed E-state index contributed by atoms with van der Waals surface area (Å²) in [5.41, 5.74) is 0.482. The van der Waals surface area contributed by atoms with Gasteiger partial charge in [0.1, 0.15) is 10.6 Å². The van der Waals surface area contributed by atoms with E-state index in [0.29, 0.717) is 30.3 Å². The second-order valence-electron chi connectivity index (χ2n) is 5.28. The highest BCUT2D eigenvalue weighted by atomic mass is 32.2. The van der Waals surface area contributed by atoms with Gasteiger partial charge in [0.25, 0.3) is 0 Å². The molecular weight excluding hydrogens is 332 g/mol. The summed E-state index contributed by atoms with van der Waals surface area (Å²) in [7, 11) is -4.01. The van der Waals surface area contributed by atoms with Gasteiger partial charge in [0.2, 0.25) is 0 Å². The Balaban J connectivity index is 1.85. The first-order valence-corrected chi connectivity index (χ1v) is 8.82. The van der Waals surface area contributed by atoms with E-state index < -0.39 is 10.1 Å². The number of carbonyl (C=O) groups excluding carboxylic acids is 1. The molecule has 0 fully saturated rings. The van der Waals surface area contributed by atoms with Crippen LogP contribution in [0.2, 0.25) is 0 Å². The SMILES string of the molecule is CC(=O)c1ccc(OS(=O)(=O)c2ccc3c(c2)OCCCO3)cc1. The summed E-state index contributed by atoms with van der Waals surface area (Å²) in [6.45, 7) is 2.42. The van der Waals surface area contributed by atoms with Gasteiger partial charge in [-0.3, -0.25) is 4.79 Å². The lowest BCUT2D eigenvalue weighted by Crippen LogP contribution is -2.10. The minimum Gasteiger partial charge on any atom is -0.490 e. The summed E-state index contributed by atoms with van der Waals surface area (Å²) >= 11 is 0. The predicted octanol–water partition coefficient (Wildman–Crippen LogP) is 2.82. The molecule has 2 aromatic carbocycles. The molecule has 2 aromatic rings. The van der Waals surface area contributed by atoms with Crippen LogP contribution in [0.15, 0.2) is 47.4 Å². The van der Waals surface area contributed by atoms with Gasteiger partial charge in [-0.25, -0.2) is 0 Å². The third-order valence-electron chi connectivity index (χ3n) is 3.47. The van der Waals surface area contributed by atoms with Gasteiger partial charge in [0.15, 0.2) is 17.3 Å². The first-order chi connectivity index (χ1) is 11.5. The molecule has 0 saturated carbocycles. The second-order valence-corrected chi connectivity index (χ2v) is 6.82. The van der Waals surface area contributed by atoms with Gasteiger partial charge < -0.3 is 13.7 Å². The van der Waals surface area contributed by atoms with E-state index in [-0.39, 0.29) is 16.4 Å². The number of Topliss-reactive ketones (excluding diaryl/α,β-unsaturated/α-hetero) is 1. The molecular formula is C17H16O6S. The van der Waals surface area contributed by atoms with Gasteiger partial charge in [0.05, 0.1) is 13.2 Å². The van der Waals surface area contributed by atoms with Crippen molar-refractivity contribution in [3.8, 4) is 17.2 Å². The summed E-state index contributed by atoms with van der Waals surface area (Å²) in [6.07, 6.45) is 0.732. The third kappa shape index (κ3) is 3.51. The molecule has 0 bridgehead atoms. The molecule has 0 atom stereocenters. The zero-order valence-electron chi connectivity index (χ0n) is 13.0. The molecule has 6 nitrogen and oxygen atoms in total. The normalized spacial score (nSPS) is 13.9. The molecule has 0 saturated heterocycles. The van der Waals surface area contributed by atoms with Crippen LogP contribution in [0.3, 0.4) is 0 Å². The molecule has 1 heterocycles. The van der Waals surface area contributed by atoms with Crippen molar-refractivity contribution in [2.24, 2.45) is 0 Å². The number of hydrogen-bond donors (Lipinski definition) is 0. The zero-order chi connectivity index (χ0) is 17.2. The minimum atomic E-state index is -4.01. The van der Waals surface area contributed by atoms with Crippen molar-refractivity contribution in [2.75, 3.05) is 13.2 Å². The summed E-state index contributed by atoms with van der Waals surface area (Å²) in [4.78, 5) is 11.2. The Morgan fingerprint density at radius 3 is 2.33 bits per heavy atom. The Morgan fingerprint density at radius 2 is 1.67 bits per heavy atom. The van der Waals surface area contributed by atoms with Crippen LogP contribution in [0, 0.1) is 0 Å². The molecule has 1 aliphatic heterocycles. The Labute approximate surface area is 140 Å². The lowest BCUT2D eigenvalue weighted by atomic mass is 10.1. The van der Waals surface area contributed by atoms with Crippen molar-refractivity contribution in [1.29, 1.82) is 0 Å². The van der Waals surface area contributed by atoms with Crippen molar-refractivity contribution in [3.63, 3.8) is 0 Å². The summed E-state index contributed by atoms with van der Waals surface area (Å²) in [5.74, 6) is 0.917. The Kier molecular flexibility index (Phi) is 4.44. The standard InChI is InChI=1S/C17H16O6S/c1-12(18)13-3-5-14(6-4-13)23-24(19,20)15-7-8-16-17(11-15)22-10-2-9-21-16/h3-8,11H,2,9-10H2,1H3. The number of rotatable bonds is 4. The maximum atomic E-state index is 12.4. The molecule has 3 rings (SSSR count). The van der Waals surface area contributed by atoms with Gasteiger partial charge in [-0.15, -0.1) is 0 Å². The molecule has 0 N–H and O–H groups in total. The first-order valence-electron chi connectivity index (χ1n) is 7.41. The molecule has 7 heteroatoms. The van der Waals surface area contributed by atoms with Crippen LogP contribution in [-0.4, -0.2) is 27.4 Å². The van der Waals surface area contributed by atoms with E-state index in [4.69, 9.17) is 13.7 Å². The van der Waals surface area contributed by atoms with Gasteiger partial charge >= 0.3 is 10.1 Å². The van der Waals surface area contributed by atoms with E-state index in [1.54, 1.807) is 6.07 Å². The molecule has 1 aliphatic rings. The fourth-order valence-electron chi connectivity index (χ4n) is 2.22. The van der Waals surface area contributed by atoms with Crippen LogP contribution < -0.4 is 13.7 Å². The average Bonchev–Trinajstić information content (AvgIpc) is 2.79. The van der Waals surface area contributed by atoms with Gasteiger partial charge in [-0.2, -0.15) is 8.42 Å². The number of benzene rings is 2. The van der Waals surface area contributed by atoms with Gasteiger partial charge in [-0.05, 0) is 43.3 Å². The minimum absolute atomic E-state index is 0.0256. The molecule has 0 aliphatic carbocycles. The number of ketones is 1. The number of hydrogen-bond acceptors (Lipinski definition) is 6. The van der Waals surface area contributed by atoms with Crippen molar-refractivity contribution in [2.45, 2.75) is 18.2 Å². The number of fused-ring (bicyclic) bond motifs is 1. The van der Waals surface area contributed by atoms with Crippen molar-refractivity contribution in [1.82, 2.24) is 0 Å². The Bertz CT molecular complexity index is 855. The quantitative estimate of drug-likeness (QED) is 0.624. The highest BCUT2D eigenvalue weighted by Gasteiger charge is 2.20. The second kappa shape index (κ2) is 6.52. The fourth-order valence-corrected chi connectivity index (χ4v) is 3.17. The van der Waals surface area contributed by atoms with Crippen molar-refractivity contribution < 1.29 is 26.9 Å². The molecule has 0 unspecified atom stereocenters. The molecule has 0 radical (unpaired) electrons. The predicted molar refractivity (Wildman–Crippen MR) is 86.3 cm³/mol. The molecule has 0 spiro atoms. The third-order valence-corrected chi connectivity index (χ3v) is 4.72. The van der Waals surface area contributed by atoms with E-state index in [1.165, 1.54) is 43.3 Å². The van der Waals surface area contributed by atoms with Crippen LogP contribution in [0.1, 0.15) is 23.7 Å². The van der Waals surface area contributed by atoms with E-state index in [0.717, 1.165) is 6.42 Å². The van der Waals surface area contributed by atoms with Crippen LogP contribution >= 0.6 is 0 Å². The number of carbonyl (C=O) groups is 1. The summed E-state index contributed by atoms with van der Waals surface area (Å²) in [6, 6.07) is 10.3. The molecule has 24 heavy (non-hydrogen) atoms. The lowest BCUT2D eigenvalue weighted by molar-refractivity contribution is 0.101. The van der Waals surface area contributed by atoms with E-state index >= 15 is 0 Å². The lowest BCUT2D eigenvalue weighted by Gasteiger charge is -2.11. The van der Waals surface area contributed by atoms with Crippen LogP contribution in [0.5, 0.6) is 17.2 Å². The Morgan fingerprint density at radius 1 is 1.00 bits per heavy atom. The van der Waals surface area contributed by atoms with Crippen LogP contribution in [0.4, 0.5) is 0 Å². The van der Waals surface area contributed by atoms with E-state index in [9.17, 15) is 13.2 Å². The van der Waals surface area contributed by atoms with Gasteiger partial charge in [-0.1, -0.05) is 0 Å². The van der Waals surface area contributed by atoms with Crippen molar-refractivity contribution >= 4 is 15.9 Å². The topological polar surface area (TPSA) is 78.9 Å². The highest BCUT2D eigenvalue weighted by molar-refractivity contribution is 7.87. The van der Waals surface area contributed by atoms with Gasteiger partial charge in [0, 0.05) is 18.1 Å². The van der Waals surface area contributed by atoms with E-state index in [1.807, 2.05) is 0 Å². The maximum absolute atomic E-state index is 12.4. The maximum Gasteiger partial charge on any atom is 0.339 e. The average molecular weight is 348 g/mol.